The molecule has 0 unspecified atom stereocenters. The highest BCUT2D eigenvalue weighted by Crippen LogP contribution is 2.08. The summed E-state index contributed by atoms with van der Waals surface area (Å²) in [6.07, 6.45) is 1.97. The number of carbonyl (C=O) groups excluding carboxylic acids is 4. The van der Waals surface area contributed by atoms with Crippen molar-refractivity contribution in [2.45, 2.75) is 70.5 Å². The van der Waals surface area contributed by atoms with Gasteiger partial charge in [-0.05, 0) is 50.1 Å². The van der Waals surface area contributed by atoms with Crippen molar-refractivity contribution in [3.63, 3.8) is 0 Å². The van der Waals surface area contributed by atoms with E-state index in [0.717, 1.165) is 5.56 Å². The molecule has 43 heavy (non-hydrogen) atoms. The van der Waals surface area contributed by atoms with E-state index in [1.165, 1.54) is 0 Å². The van der Waals surface area contributed by atoms with E-state index < -0.39 is 29.9 Å². The van der Waals surface area contributed by atoms with Crippen molar-refractivity contribution >= 4 is 35.5 Å². The number of nitrogens with two attached hydrogens (primary N) is 5. The zero-order valence-electron chi connectivity index (χ0n) is 25.2. The van der Waals surface area contributed by atoms with Gasteiger partial charge < -0.3 is 49.9 Å². The SMILES string of the molecule is CC(C)[C@H](NC(=O)[C@H](CCCN=C(N)N)NC(=O)Cc1ccccc1)C(=O)N[C@@H](CCCN=C(N)N)C(=O)NCCCN. The highest BCUT2D eigenvalue weighted by molar-refractivity contribution is 5.94. The summed E-state index contributed by atoms with van der Waals surface area (Å²) in [5.74, 6) is -2.31. The summed E-state index contributed by atoms with van der Waals surface area (Å²) in [4.78, 5) is 60.3. The van der Waals surface area contributed by atoms with E-state index in [-0.39, 0.29) is 62.0 Å². The number of rotatable bonds is 20. The molecule has 1 rings (SSSR count). The van der Waals surface area contributed by atoms with Gasteiger partial charge in [0.25, 0.3) is 0 Å². The van der Waals surface area contributed by atoms with Crippen molar-refractivity contribution < 1.29 is 19.2 Å². The summed E-state index contributed by atoms with van der Waals surface area (Å²) in [6, 6.07) is 6.28. The van der Waals surface area contributed by atoms with Crippen LogP contribution in [0.5, 0.6) is 0 Å². The molecule has 0 aliphatic heterocycles. The van der Waals surface area contributed by atoms with E-state index >= 15 is 0 Å². The normalized spacial score (nSPS) is 12.7. The predicted molar refractivity (Wildman–Crippen MR) is 167 cm³/mol. The van der Waals surface area contributed by atoms with Crippen LogP contribution in [0.1, 0.15) is 51.5 Å². The second-order valence-electron chi connectivity index (χ2n) is 10.4. The van der Waals surface area contributed by atoms with Crippen LogP contribution in [-0.2, 0) is 25.6 Å². The van der Waals surface area contributed by atoms with Crippen LogP contribution in [0, 0.1) is 5.92 Å². The monoisotopic (exact) mass is 603 g/mol. The van der Waals surface area contributed by atoms with E-state index in [4.69, 9.17) is 28.7 Å². The first-order valence-electron chi connectivity index (χ1n) is 14.5. The Hall–Kier alpha value is -4.40. The summed E-state index contributed by atoms with van der Waals surface area (Å²) in [7, 11) is 0. The summed E-state index contributed by atoms with van der Waals surface area (Å²) >= 11 is 0. The third kappa shape index (κ3) is 16.0. The van der Waals surface area contributed by atoms with Gasteiger partial charge in [-0.1, -0.05) is 44.2 Å². The molecular formula is C28H49N11O4. The second-order valence-corrected chi connectivity index (χ2v) is 10.4. The number of hydrogen-bond acceptors (Lipinski definition) is 7. The van der Waals surface area contributed by atoms with Crippen LogP contribution in [0.4, 0.5) is 0 Å². The van der Waals surface area contributed by atoms with Crippen LogP contribution >= 0.6 is 0 Å². The van der Waals surface area contributed by atoms with Gasteiger partial charge in [-0.3, -0.25) is 29.2 Å². The van der Waals surface area contributed by atoms with Crippen molar-refractivity contribution in [2.75, 3.05) is 26.2 Å². The molecular weight excluding hydrogens is 554 g/mol. The van der Waals surface area contributed by atoms with Crippen molar-refractivity contribution in [1.29, 1.82) is 0 Å². The van der Waals surface area contributed by atoms with Crippen LogP contribution in [0.25, 0.3) is 0 Å². The van der Waals surface area contributed by atoms with E-state index in [9.17, 15) is 19.2 Å². The molecule has 3 atom stereocenters. The van der Waals surface area contributed by atoms with E-state index in [1.54, 1.807) is 13.8 Å². The fourth-order valence-electron chi connectivity index (χ4n) is 4.06. The van der Waals surface area contributed by atoms with Gasteiger partial charge in [-0.2, -0.15) is 0 Å². The lowest BCUT2D eigenvalue weighted by Crippen LogP contribution is -2.58. The van der Waals surface area contributed by atoms with E-state index in [2.05, 4.69) is 31.3 Å². The molecule has 0 spiro atoms. The molecule has 1 aromatic carbocycles. The van der Waals surface area contributed by atoms with E-state index in [0.29, 0.717) is 32.4 Å². The maximum Gasteiger partial charge on any atom is 0.243 e. The Labute approximate surface area is 253 Å². The standard InChI is InChI=1S/C28H49N11O4/c1-18(2)23(26(43)38-20(11-6-14-35-27(30)31)24(41)34-16-8-13-29)39-25(42)21(12-7-15-36-28(32)33)37-22(40)17-19-9-4-3-5-10-19/h3-5,9-10,18,20-21,23H,6-8,11-17,29H2,1-2H3,(H,34,41)(H,37,40)(H,38,43)(H,39,42)(H4,30,31,35)(H4,32,33,36)/t20-,21-,23-/m0/s1. The molecule has 0 aliphatic carbocycles. The molecule has 1 aromatic rings. The Morgan fingerprint density at radius 3 is 1.81 bits per heavy atom. The first kappa shape index (κ1) is 36.6. The van der Waals surface area contributed by atoms with E-state index in [1.807, 2.05) is 30.3 Å². The topological polar surface area (TPSA) is 271 Å². The van der Waals surface area contributed by atoms with Gasteiger partial charge >= 0.3 is 0 Å². The minimum Gasteiger partial charge on any atom is -0.370 e. The molecule has 0 radical (unpaired) electrons. The van der Waals surface area contributed by atoms with Crippen LogP contribution in [0.3, 0.4) is 0 Å². The maximum atomic E-state index is 13.4. The average molecular weight is 604 g/mol. The molecule has 4 amide bonds. The Morgan fingerprint density at radius 2 is 1.30 bits per heavy atom. The van der Waals surface area contributed by atoms with Gasteiger partial charge in [0.2, 0.25) is 23.6 Å². The molecule has 240 valence electrons. The summed E-state index contributed by atoms with van der Waals surface area (Å²) < 4.78 is 0. The Bertz CT molecular complexity index is 1070. The largest absolute Gasteiger partial charge is 0.370 e. The molecule has 0 heterocycles. The maximum absolute atomic E-state index is 13.4. The second kappa shape index (κ2) is 20.5. The van der Waals surface area contributed by atoms with Crippen LogP contribution in [0.15, 0.2) is 40.3 Å². The molecule has 0 aliphatic rings. The first-order valence-corrected chi connectivity index (χ1v) is 14.5. The van der Waals surface area contributed by atoms with Crippen molar-refractivity contribution in [3.8, 4) is 0 Å². The number of nitrogens with zero attached hydrogens (tertiary/aromatic N) is 2. The molecule has 0 saturated heterocycles. The number of guanidine groups is 2. The summed E-state index contributed by atoms with van der Waals surface area (Å²) in [5.41, 5.74) is 27.9. The molecule has 15 heteroatoms. The lowest BCUT2D eigenvalue weighted by atomic mass is 10.0. The molecule has 0 fully saturated rings. The van der Waals surface area contributed by atoms with Crippen LogP contribution in [-0.4, -0.2) is 79.9 Å². The number of hydrogen-bond donors (Lipinski definition) is 9. The lowest BCUT2D eigenvalue weighted by molar-refractivity contribution is -0.134. The highest BCUT2D eigenvalue weighted by atomic mass is 16.2. The van der Waals surface area contributed by atoms with Crippen molar-refractivity contribution in [3.05, 3.63) is 35.9 Å². The van der Waals surface area contributed by atoms with Gasteiger partial charge in [0.1, 0.15) is 18.1 Å². The number of aliphatic imine (C=N–C) groups is 2. The lowest BCUT2D eigenvalue weighted by Gasteiger charge is -2.27. The molecule has 14 N–H and O–H groups in total. The Kier molecular flexibility index (Phi) is 17.4. The fourth-order valence-corrected chi connectivity index (χ4v) is 4.06. The smallest absolute Gasteiger partial charge is 0.243 e. The van der Waals surface area contributed by atoms with Gasteiger partial charge in [0.15, 0.2) is 11.9 Å². The number of benzene rings is 1. The minimum atomic E-state index is -0.990. The third-order valence-corrected chi connectivity index (χ3v) is 6.31. The number of amides is 4. The van der Waals surface area contributed by atoms with Crippen LogP contribution in [0.2, 0.25) is 0 Å². The number of carbonyl (C=O) groups is 4. The summed E-state index contributed by atoms with van der Waals surface area (Å²) in [5, 5.41) is 11.0. The number of nitrogens with one attached hydrogen (secondary N) is 4. The first-order chi connectivity index (χ1) is 20.4. The van der Waals surface area contributed by atoms with Gasteiger partial charge in [0, 0.05) is 19.6 Å². The van der Waals surface area contributed by atoms with Gasteiger partial charge in [-0.15, -0.1) is 0 Å². The zero-order valence-corrected chi connectivity index (χ0v) is 25.2. The quantitative estimate of drug-likeness (QED) is 0.0448. The fraction of sp³-hybridized carbons (Fsp3) is 0.571. The molecule has 0 aromatic heterocycles. The Balaban J connectivity index is 3.02. The summed E-state index contributed by atoms with van der Waals surface area (Å²) in [6.45, 7) is 4.82. The van der Waals surface area contributed by atoms with Gasteiger partial charge in [0.05, 0.1) is 6.42 Å². The van der Waals surface area contributed by atoms with Gasteiger partial charge in [-0.25, -0.2) is 0 Å². The Morgan fingerprint density at radius 1 is 0.744 bits per heavy atom. The van der Waals surface area contributed by atoms with Crippen LogP contribution < -0.4 is 49.9 Å². The predicted octanol–water partition coefficient (Wildman–Crippen LogP) is -2.09. The average Bonchev–Trinajstić information content (AvgIpc) is 2.94. The highest BCUT2D eigenvalue weighted by Gasteiger charge is 2.31. The molecule has 0 bridgehead atoms. The zero-order chi connectivity index (χ0) is 32.2. The van der Waals surface area contributed by atoms with Crippen molar-refractivity contribution in [1.82, 2.24) is 21.3 Å². The molecule has 15 nitrogen and oxygen atoms in total. The van der Waals surface area contributed by atoms with Crippen molar-refractivity contribution in [2.24, 2.45) is 44.6 Å². The minimum absolute atomic E-state index is 0.0701. The molecule has 0 saturated carbocycles. The third-order valence-electron chi connectivity index (χ3n) is 6.31.